The summed E-state index contributed by atoms with van der Waals surface area (Å²) < 4.78 is 7.15. The van der Waals surface area contributed by atoms with Crippen LogP contribution in [0.5, 0.6) is 0 Å². The Labute approximate surface area is 137 Å². The largest absolute Gasteiger partial charge is 0.457 e. The van der Waals surface area contributed by atoms with Crippen LogP contribution in [0.1, 0.15) is 49.5 Å². The predicted molar refractivity (Wildman–Crippen MR) is 90.5 cm³/mol. The Balaban J connectivity index is 1.73. The van der Waals surface area contributed by atoms with Gasteiger partial charge in [0, 0.05) is 18.9 Å². The standard InChI is InChI=1S/C16H18IN3O/c1-8-7-10(8)11-5-6-12(21-11)15-19-14(9-3-4-9)13(17)16(18-2)20-15/h5-6,8-10H,3-4,7H2,1-2H3,(H,18,19,20). The lowest BCUT2D eigenvalue weighted by Gasteiger charge is -2.09. The first-order chi connectivity index (χ1) is 10.2. The van der Waals surface area contributed by atoms with Crippen LogP contribution in [0, 0.1) is 9.49 Å². The highest BCUT2D eigenvalue weighted by Crippen LogP contribution is 2.48. The summed E-state index contributed by atoms with van der Waals surface area (Å²) in [6, 6.07) is 4.10. The fourth-order valence-corrected chi connectivity index (χ4v) is 3.71. The van der Waals surface area contributed by atoms with E-state index in [0.717, 1.165) is 26.8 Å². The first kappa shape index (κ1) is 13.5. The summed E-state index contributed by atoms with van der Waals surface area (Å²) >= 11 is 2.34. The molecule has 0 radical (unpaired) electrons. The van der Waals surface area contributed by atoms with Crippen LogP contribution in [-0.4, -0.2) is 17.0 Å². The van der Waals surface area contributed by atoms with Crippen molar-refractivity contribution in [3.63, 3.8) is 0 Å². The number of nitrogens with zero attached hydrogens (tertiary/aromatic N) is 2. The van der Waals surface area contributed by atoms with Gasteiger partial charge in [0.15, 0.2) is 11.6 Å². The molecule has 2 unspecified atom stereocenters. The minimum atomic E-state index is 0.592. The van der Waals surface area contributed by atoms with Gasteiger partial charge < -0.3 is 9.73 Å². The summed E-state index contributed by atoms with van der Waals surface area (Å²) in [5, 5.41) is 3.18. The zero-order valence-corrected chi connectivity index (χ0v) is 14.3. The van der Waals surface area contributed by atoms with Crippen LogP contribution in [0.3, 0.4) is 0 Å². The Kier molecular flexibility index (Phi) is 3.20. The molecule has 0 bridgehead atoms. The minimum Gasteiger partial charge on any atom is -0.457 e. The van der Waals surface area contributed by atoms with E-state index in [-0.39, 0.29) is 0 Å². The Morgan fingerprint density at radius 2 is 2.05 bits per heavy atom. The monoisotopic (exact) mass is 395 g/mol. The van der Waals surface area contributed by atoms with Gasteiger partial charge in [0.25, 0.3) is 0 Å². The van der Waals surface area contributed by atoms with Crippen molar-refractivity contribution in [1.29, 1.82) is 0 Å². The molecule has 4 rings (SSSR count). The summed E-state index contributed by atoms with van der Waals surface area (Å²) in [7, 11) is 1.91. The van der Waals surface area contributed by atoms with Crippen LogP contribution in [0.4, 0.5) is 5.82 Å². The van der Waals surface area contributed by atoms with Crippen LogP contribution in [-0.2, 0) is 0 Å². The summed E-state index contributed by atoms with van der Waals surface area (Å²) in [5.74, 6) is 5.42. The van der Waals surface area contributed by atoms with Crippen molar-refractivity contribution >= 4 is 28.4 Å². The topological polar surface area (TPSA) is 51.0 Å². The molecular formula is C16H18IN3O. The van der Waals surface area contributed by atoms with Gasteiger partial charge in [0.2, 0.25) is 0 Å². The highest BCUT2D eigenvalue weighted by Gasteiger charge is 2.37. The maximum atomic E-state index is 6.00. The molecule has 2 aliphatic carbocycles. The molecule has 110 valence electrons. The molecule has 0 aromatic carbocycles. The highest BCUT2D eigenvalue weighted by atomic mass is 127. The summed E-state index contributed by atoms with van der Waals surface area (Å²) in [5.41, 5.74) is 1.17. The molecule has 2 atom stereocenters. The lowest BCUT2D eigenvalue weighted by Crippen LogP contribution is -2.04. The molecule has 2 fully saturated rings. The van der Waals surface area contributed by atoms with Gasteiger partial charge in [0.05, 0.1) is 9.26 Å². The molecular weight excluding hydrogens is 377 g/mol. The van der Waals surface area contributed by atoms with Crippen LogP contribution < -0.4 is 5.32 Å². The van der Waals surface area contributed by atoms with E-state index >= 15 is 0 Å². The molecule has 21 heavy (non-hydrogen) atoms. The number of anilines is 1. The van der Waals surface area contributed by atoms with Crippen molar-refractivity contribution in [3.05, 3.63) is 27.2 Å². The SMILES string of the molecule is CNc1nc(-c2ccc(C3CC3C)o2)nc(C2CC2)c1I. The van der Waals surface area contributed by atoms with Crippen molar-refractivity contribution in [2.45, 2.75) is 38.0 Å². The Morgan fingerprint density at radius 1 is 1.29 bits per heavy atom. The number of aromatic nitrogens is 2. The third-order valence-electron chi connectivity index (χ3n) is 4.40. The van der Waals surface area contributed by atoms with Crippen molar-refractivity contribution in [2.75, 3.05) is 12.4 Å². The molecule has 0 aliphatic heterocycles. The average Bonchev–Trinajstić information content (AvgIpc) is 3.40. The van der Waals surface area contributed by atoms with Gasteiger partial charge in [0.1, 0.15) is 11.6 Å². The highest BCUT2D eigenvalue weighted by molar-refractivity contribution is 14.1. The van der Waals surface area contributed by atoms with Crippen molar-refractivity contribution in [3.8, 4) is 11.6 Å². The lowest BCUT2D eigenvalue weighted by molar-refractivity contribution is 0.514. The van der Waals surface area contributed by atoms with Gasteiger partial charge in [-0.15, -0.1) is 0 Å². The third-order valence-corrected chi connectivity index (χ3v) is 5.46. The Bertz CT molecular complexity index is 693. The van der Waals surface area contributed by atoms with Crippen LogP contribution >= 0.6 is 22.6 Å². The van der Waals surface area contributed by atoms with E-state index in [9.17, 15) is 0 Å². The van der Waals surface area contributed by atoms with Crippen molar-refractivity contribution in [1.82, 2.24) is 9.97 Å². The Hall–Kier alpha value is -1.11. The van der Waals surface area contributed by atoms with E-state index in [1.165, 1.54) is 25.0 Å². The van der Waals surface area contributed by atoms with E-state index in [1.807, 2.05) is 13.1 Å². The molecule has 4 nitrogen and oxygen atoms in total. The molecule has 2 heterocycles. The van der Waals surface area contributed by atoms with E-state index in [2.05, 4.69) is 45.9 Å². The predicted octanol–water partition coefficient (Wildman–Crippen LogP) is 4.38. The van der Waals surface area contributed by atoms with Crippen LogP contribution in [0.15, 0.2) is 16.5 Å². The average molecular weight is 395 g/mol. The minimum absolute atomic E-state index is 0.592. The Morgan fingerprint density at radius 3 is 2.67 bits per heavy atom. The quantitative estimate of drug-likeness (QED) is 0.781. The third kappa shape index (κ3) is 2.45. The summed E-state index contributed by atoms with van der Waals surface area (Å²) in [6.07, 6.45) is 3.70. The summed E-state index contributed by atoms with van der Waals surface area (Å²) in [6.45, 7) is 2.26. The molecule has 5 heteroatoms. The molecule has 1 N–H and O–H groups in total. The fourth-order valence-electron chi connectivity index (χ4n) is 2.76. The molecule has 0 amide bonds. The van der Waals surface area contributed by atoms with E-state index < -0.39 is 0 Å². The second-order valence-corrected chi connectivity index (χ2v) is 7.22. The van der Waals surface area contributed by atoms with Gasteiger partial charge >= 0.3 is 0 Å². The lowest BCUT2D eigenvalue weighted by atomic mass is 10.2. The molecule has 0 spiro atoms. The summed E-state index contributed by atoms with van der Waals surface area (Å²) in [4.78, 5) is 9.39. The zero-order valence-electron chi connectivity index (χ0n) is 12.2. The molecule has 2 aliphatic rings. The fraction of sp³-hybridized carbons (Fsp3) is 0.500. The van der Waals surface area contributed by atoms with E-state index in [0.29, 0.717) is 17.7 Å². The first-order valence-electron chi connectivity index (χ1n) is 7.52. The second-order valence-electron chi connectivity index (χ2n) is 6.14. The number of halogens is 1. The smallest absolute Gasteiger partial charge is 0.197 e. The molecule has 0 saturated heterocycles. The number of hydrogen-bond donors (Lipinski definition) is 1. The second kappa shape index (κ2) is 4.97. The van der Waals surface area contributed by atoms with Gasteiger partial charge in [-0.05, 0) is 59.9 Å². The number of furan rings is 1. The van der Waals surface area contributed by atoms with Crippen LogP contribution in [0.25, 0.3) is 11.6 Å². The maximum Gasteiger partial charge on any atom is 0.197 e. The van der Waals surface area contributed by atoms with Gasteiger partial charge in [-0.3, -0.25) is 0 Å². The number of nitrogens with one attached hydrogen (secondary N) is 1. The molecule has 2 saturated carbocycles. The number of rotatable bonds is 4. The van der Waals surface area contributed by atoms with Crippen molar-refractivity contribution < 1.29 is 4.42 Å². The molecule has 2 aromatic heterocycles. The number of hydrogen-bond acceptors (Lipinski definition) is 4. The van der Waals surface area contributed by atoms with Crippen LogP contribution in [0.2, 0.25) is 0 Å². The maximum absolute atomic E-state index is 6.00. The van der Waals surface area contributed by atoms with Gasteiger partial charge in [-0.25, -0.2) is 9.97 Å². The van der Waals surface area contributed by atoms with E-state index in [1.54, 1.807) is 0 Å². The van der Waals surface area contributed by atoms with Gasteiger partial charge in [-0.2, -0.15) is 0 Å². The normalized spacial score (nSPS) is 24.1. The first-order valence-corrected chi connectivity index (χ1v) is 8.60. The van der Waals surface area contributed by atoms with Crippen molar-refractivity contribution in [2.24, 2.45) is 5.92 Å². The zero-order chi connectivity index (χ0) is 14.6. The van der Waals surface area contributed by atoms with E-state index in [4.69, 9.17) is 9.40 Å². The molecule has 2 aromatic rings. The van der Waals surface area contributed by atoms with Gasteiger partial charge in [-0.1, -0.05) is 6.92 Å².